The van der Waals surface area contributed by atoms with E-state index in [0.717, 1.165) is 5.69 Å². The second-order valence-electron chi connectivity index (χ2n) is 5.02. The molecule has 2 aromatic carbocycles. The molecule has 0 aliphatic carbocycles. The molecule has 3 aromatic rings. The lowest BCUT2D eigenvalue weighted by Gasteiger charge is -2.11. The highest BCUT2D eigenvalue weighted by atomic mass is 16.5. The molecule has 0 fully saturated rings. The third-order valence-corrected chi connectivity index (χ3v) is 3.52. The molecule has 0 saturated heterocycles. The van der Waals surface area contributed by atoms with Crippen LogP contribution in [0, 0.1) is 0 Å². The van der Waals surface area contributed by atoms with Crippen molar-refractivity contribution in [3.8, 4) is 17.2 Å². The summed E-state index contributed by atoms with van der Waals surface area (Å²) in [7, 11) is 3.12. The lowest BCUT2D eigenvalue weighted by atomic mass is 10.2. The summed E-state index contributed by atoms with van der Waals surface area (Å²) < 4.78 is 12.1. The number of anilines is 1. The molecular formula is C18H17N3O3. The number of ether oxygens (including phenoxy) is 2. The molecule has 6 heteroatoms. The van der Waals surface area contributed by atoms with Crippen molar-refractivity contribution in [1.82, 2.24) is 9.78 Å². The van der Waals surface area contributed by atoms with E-state index in [1.165, 1.54) is 0 Å². The zero-order valence-electron chi connectivity index (χ0n) is 13.4. The molecule has 1 heterocycles. The molecule has 122 valence electrons. The van der Waals surface area contributed by atoms with Gasteiger partial charge in [-0.3, -0.25) is 4.79 Å². The fourth-order valence-corrected chi connectivity index (χ4v) is 2.33. The Kier molecular flexibility index (Phi) is 4.47. The van der Waals surface area contributed by atoms with E-state index in [2.05, 4.69) is 10.4 Å². The first kappa shape index (κ1) is 15.6. The Bertz CT molecular complexity index is 844. The molecule has 0 saturated carbocycles. The first-order chi connectivity index (χ1) is 11.7. The van der Waals surface area contributed by atoms with Gasteiger partial charge in [-0.15, -0.1) is 0 Å². The van der Waals surface area contributed by atoms with Crippen LogP contribution in [0.25, 0.3) is 5.69 Å². The van der Waals surface area contributed by atoms with Gasteiger partial charge in [-0.2, -0.15) is 5.10 Å². The minimum absolute atomic E-state index is 0.212. The number of carbonyl (C=O) groups is 1. The largest absolute Gasteiger partial charge is 0.493 e. The van der Waals surface area contributed by atoms with Gasteiger partial charge in [0.2, 0.25) is 0 Å². The van der Waals surface area contributed by atoms with E-state index >= 15 is 0 Å². The lowest BCUT2D eigenvalue weighted by molar-refractivity contribution is 0.102. The Hall–Kier alpha value is -3.28. The van der Waals surface area contributed by atoms with Gasteiger partial charge in [0.15, 0.2) is 11.5 Å². The topological polar surface area (TPSA) is 65.4 Å². The number of carbonyl (C=O) groups excluding carboxylic acids is 1. The smallest absolute Gasteiger partial charge is 0.255 e. The molecule has 3 rings (SSSR count). The number of hydrogen-bond acceptors (Lipinski definition) is 4. The molecular weight excluding hydrogens is 306 g/mol. The van der Waals surface area contributed by atoms with E-state index in [1.807, 2.05) is 24.4 Å². The predicted molar refractivity (Wildman–Crippen MR) is 91.1 cm³/mol. The van der Waals surface area contributed by atoms with Gasteiger partial charge >= 0.3 is 0 Å². The van der Waals surface area contributed by atoms with E-state index in [1.54, 1.807) is 55.4 Å². The molecule has 0 aliphatic heterocycles. The van der Waals surface area contributed by atoms with E-state index in [-0.39, 0.29) is 5.91 Å². The van der Waals surface area contributed by atoms with Crippen LogP contribution in [0.4, 0.5) is 5.69 Å². The quantitative estimate of drug-likeness (QED) is 0.783. The van der Waals surface area contributed by atoms with Crippen LogP contribution in [0.15, 0.2) is 60.9 Å². The first-order valence-corrected chi connectivity index (χ1v) is 7.34. The fourth-order valence-electron chi connectivity index (χ4n) is 2.33. The van der Waals surface area contributed by atoms with Crippen LogP contribution in [0.5, 0.6) is 11.5 Å². The SMILES string of the molecule is COc1ccc(NC(=O)c2cccc(-n3cccn3)c2)cc1OC. The minimum atomic E-state index is -0.212. The summed E-state index contributed by atoms with van der Waals surface area (Å²) in [5.41, 5.74) is 1.99. The van der Waals surface area contributed by atoms with Crippen LogP contribution >= 0.6 is 0 Å². The van der Waals surface area contributed by atoms with Gasteiger partial charge in [0.1, 0.15) is 0 Å². The summed E-state index contributed by atoms with van der Waals surface area (Å²) in [4.78, 5) is 12.5. The Balaban J connectivity index is 1.81. The van der Waals surface area contributed by atoms with Gasteiger partial charge in [-0.25, -0.2) is 4.68 Å². The number of nitrogens with zero attached hydrogens (tertiary/aromatic N) is 2. The summed E-state index contributed by atoms with van der Waals surface area (Å²) in [6.45, 7) is 0. The van der Waals surface area contributed by atoms with Crippen LogP contribution in [0.1, 0.15) is 10.4 Å². The van der Waals surface area contributed by atoms with Crippen molar-refractivity contribution in [2.75, 3.05) is 19.5 Å². The Labute approximate surface area is 139 Å². The maximum absolute atomic E-state index is 12.5. The molecule has 0 aliphatic rings. The number of rotatable bonds is 5. The van der Waals surface area contributed by atoms with Gasteiger partial charge in [-0.05, 0) is 36.4 Å². The van der Waals surface area contributed by atoms with Crippen molar-refractivity contribution in [2.24, 2.45) is 0 Å². The summed E-state index contributed by atoms with van der Waals surface area (Å²) in [6, 6.07) is 14.3. The average molecular weight is 323 g/mol. The molecule has 6 nitrogen and oxygen atoms in total. The third-order valence-electron chi connectivity index (χ3n) is 3.52. The Morgan fingerprint density at radius 2 is 1.88 bits per heavy atom. The highest BCUT2D eigenvalue weighted by molar-refractivity contribution is 6.04. The van der Waals surface area contributed by atoms with Crippen molar-refractivity contribution < 1.29 is 14.3 Å². The molecule has 1 N–H and O–H groups in total. The normalized spacial score (nSPS) is 10.2. The van der Waals surface area contributed by atoms with Crippen molar-refractivity contribution in [2.45, 2.75) is 0 Å². The first-order valence-electron chi connectivity index (χ1n) is 7.34. The fraction of sp³-hybridized carbons (Fsp3) is 0.111. The van der Waals surface area contributed by atoms with Crippen LogP contribution in [-0.4, -0.2) is 29.9 Å². The zero-order chi connectivity index (χ0) is 16.9. The van der Waals surface area contributed by atoms with Gasteiger partial charge in [0.05, 0.1) is 19.9 Å². The maximum atomic E-state index is 12.5. The second kappa shape index (κ2) is 6.87. The van der Waals surface area contributed by atoms with Crippen molar-refractivity contribution in [3.63, 3.8) is 0 Å². The standard InChI is InChI=1S/C18H17N3O3/c1-23-16-8-7-14(12-17(16)24-2)20-18(22)13-5-3-6-15(11-13)21-10-4-9-19-21/h3-12H,1-2H3,(H,20,22). The number of hydrogen-bond donors (Lipinski definition) is 1. The van der Waals surface area contributed by atoms with E-state index in [9.17, 15) is 4.79 Å². The molecule has 0 unspecified atom stereocenters. The highest BCUT2D eigenvalue weighted by Gasteiger charge is 2.10. The summed E-state index contributed by atoms with van der Waals surface area (Å²) in [6.07, 6.45) is 3.52. The van der Waals surface area contributed by atoms with E-state index in [4.69, 9.17) is 9.47 Å². The molecule has 0 spiro atoms. The van der Waals surface area contributed by atoms with Gasteiger partial charge in [0, 0.05) is 29.7 Å². The average Bonchev–Trinajstić information content (AvgIpc) is 3.16. The van der Waals surface area contributed by atoms with Crippen LogP contribution in [0.2, 0.25) is 0 Å². The zero-order valence-corrected chi connectivity index (χ0v) is 13.4. The van der Waals surface area contributed by atoms with Gasteiger partial charge < -0.3 is 14.8 Å². The van der Waals surface area contributed by atoms with Gasteiger partial charge in [0.25, 0.3) is 5.91 Å². The molecule has 1 aromatic heterocycles. The second-order valence-corrected chi connectivity index (χ2v) is 5.02. The molecule has 0 atom stereocenters. The van der Waals surface area contributed by atoms with Gasteiger partial charge in [-0.1, -0.05) is 6.07 Å². The Morgan fingerprint density at radius 1 is 1.04 bits per heavy atom. The Morgan fingerprint density at radius 3 is 2.58 bits per heavy atom. The lowest BCUT2D eigenvalue weighted by Crippen LogP contribution is -2.12. The monoisotopic (exact) mass is 323 g/mol. The number of amides is 1. The summed E-state index contributed by atoms with van der Waals surface area (Å²) >= 11 is 0. The maximum Gasteiger partial charge on any atom is 0.255 e. The van der Waals surface area contributed by atoms with Crippen molar-refractivity contribution in [1.29, 1.82) is 0 Å². The molecule has 24 heavy (non-hydrogen) atoms. The predicted octanol–water partition coefficient (Wildman–Crippen LogP) is 3.14. The minimum Gasteiger partial charge on any atom is -0.493 e. The third kappa shape index (κ3) is 3.22. The number of nitrogens with one attached hydrogen (secondary N) is 1. The summed E-state index contributed by atoms with van der Waals surface area (Å²) in [5.74, 6) is 0.952. The number of methoxy groups -OCH3 is 2. The molecule has 0 radical (unpaired) electrons. The van der Waals surface area contributed by atoms with Crippen molar-refractivity contribution >= 4 is 11.6 Å². The van der Waals surface area contributed by atoms with Crippen LogP contribution < -0.4 is 14.8 Å². The number of aromatic nitrogens is 2. The van der Waals surface area contributed by atoms with Crippen LogP contribution in [-0.2, 0) is 0 Å². The number of benzene rings is 2. The van der Waals surface area contributed by atoms with E-state index < -0.39 is 0 Å². The summed E-state index contributed by atoms with van der Waals surface area (Å²) in [5, 5.41) is 7.02. The van der Waals surface area contributed by atoms with Crippen LogP contribution in [0.3, 0.4) is 0 Å². The highest BCUT2D eigenvalue weighted by Crippen LogP contribution is 2.29. The molecule has 0 bridgehead atoms. The van der Waals surface area contributed by atoms with Crippen molar-refractivity contribution in [3.05, 3.63) is 66.5 Å². The van der Waals surface area contributed by atoms with E-state index in [0.29, 0.717) is 22.7 Å². The molecule has 1 amide bonds.